The van der Waals surface area contributed by atoms with Gasteiger partial charge in [-0.15, -0.1) is 0 Å². The fourth-order valence-corrected chi connectivity index (χ4v) is 2.68. The second-order valence-electron chi connectivity index (χ2n) is 6.06. The van der Waals surface area contributed by atoms with E-state index in [1.807, 2.05) is 35.2 Å². The molecule has 0 spiro atoms. The Morgan fingerprint density at radius 3 is 2.82 bits per heavy atom. The van der Waals surface area contributed by atoms with E-state index in [0.717, 1.165) is 11.3 Å². The summed E-state index contributed by atoms with van der Waals surface area (Å²) in [5.41, 5.74) is 1.60. The maximum absolute atomic E-state index is 14.1. The zero-order chi connectivity index (χ0) is 19.3. The van der Waals surface area contributed by atoms with Gasteiger partial charge in [0.1, 0.15) is 5.82 Å². The zero-order valence-corrected chi connectivity index (χ0v) is 14.7. The Morgan fingerprint density at radius 2 is 2.04 bits per heavy atom. The lowest BCUT2D eigenvalue weighted by molar-refractivity contribution is -0.116. The van der Waals surface area contributed by atoms with Gasteiger partial charge in [0.25, 0.3) is 0 Å². The lowest BCUT2D eigenvalue weighted by Gasteiger charge is -2.09. The van der Waals surface area contributed by atoms with Crippen LogP contribution in [0.25, 0.3) is 17.1 Å². The Bertz CT molecular complexity index is 1080. The summed E-state index contributed by atoms with van der Waals surface area (Å²) in [6.45, 7) is 0. The van der Waals surface area contributed by atoms with Crippen LogP contribution in [0.2, 0.25) is 0 Å². The molecule has 28 heavy (non-hydrogen) atoms. The second-order valence-corrected chi connectivity index (χ2v) is 6.06. The molecule has 0 aliphatic heterocycles. The molecule has 4 aromatic rings. The van der Waals surface area contributed by atoms with E-state index in [0.29, 0.717) is 11.7 Å². The molecular formula is C20H16FN5O2. The summed E-state index contributed by atoms with van der Waals surface area (Å²) < 4.78 is 21.0. The highest BCUT2D eigenvalue weighted by molar-refractivity contribution is 5.91. The zero-order valence-electron chi connectivity index (χ0n) is 14.7. The molecule has 1 N–H and O–H groups in total. The molecule has 0 saturated heterocycles. The van der Waals surface area contributed by atoms with E-state index in [4.69, 9.17) is 4.52 Å². The Balaban J connectivity index is 1.39. The summed E-state index contributed by atoms with van der Waals surface area (Å²) in [5, 5.41) is 6.48. The summed E-state index contributed by atoms with van der Waals surface area (Å²) in [7, 11) is 0. The van der Waals surface area contributed by atoms with E-state index in [-0.39, 0.29) is 24.4 Å². The average Bonchev–Trinajstić information content (AvgIpc) is 3.41. The van der Waals surface area contributed by atoms with E-state index < -0.39 is 5.82 Å². The van der Waals surface area contributed by atoms with Crippen LogP contribution in [-0.4, -0.2) is 25.6 Å². The number of hydrogen-bond donors (Lipinski definition) is 1. The Hall–Kier alpha value is -3.81. The van der Waals surface area contributed by atoms with E-state index in [2.05, 4.69) is 20.4 Å². The van der Waals surface area contributed by atoms with Crippen LogP contribution in [0.15, 0.2) is 71.8 Å². The largest absolute Gasteiger partial charge is 0.339 e. The number of carbonyl (C=O) groups is 1. The monoisotopic (exact) mass is 377 g/mol. The molecule has 4 rings (SSSR count). The van der Waals surface area contributed by atoms with Crippen molar-refractivity contribution in [1.29, 1.82) is 0 Å². The molecule has 0 fully saturated rings. The molecular weight excluding hydrogens is 361 g/mol. The molecule has 140 valence electrons. The highest BCUT2D eigenvalue weighted by atomic mass is 19.1. The lowest BCUT2D eigenvalue weighted by atomic mass is 10.2. The summed E-state index contributed by atoms with van der Waals surface area (Å²) in [5.74, 6) is -0.102. The van der Waals surface area contributed by atoms with Crippen molar-refractivity contribution in [3.63, 3.8) is 0 Å². The fourth-order valence-electron chi connectivity index (χ4n) is 2.68. The van der Waals surface area contributed by atoms with Crippen LogP contribution in [0.5, 0.6) is 0 Å². The van der Waals surface area contributed by atoms with Gasteiger partial charge in [0.05, 0.1) is 5.69 Å². The molecule has 0 bridgehead atoms. The number of pyridine rings is 1. The predicted octanol–water partition coefficient (Wildman–Crippen LogP) is 3.63. The minimum atomic E-state index is -0.499. The van der Waals surface area contributed by atoms with Crippen LogP contribution in [0.1, 0.15) is 12.3 Å². The number of carbonyl (C=O) groups excluding carboxylic acids is 1. The summed E-state index contributed by atoms with van der Waals surface area (Å²) >= 11 is 0. The first-order valence-electron chi connectivity index (χ1n) is 8.65. The van der Waals surface area contributed by atoms with Crippen molar-refractivity contribution in [1.82, 2.24) is 19.7 Å². The van der Waals surface area contributed by atoms with Crippen LogP contribution in [0.4, 0.5) is 10.1 Å². The van der Waals surface area contributed by atoms with Crippen molar-refractivity contribution in [2.45, 2.75) is 12.8 Å². The molecule has 1 amide bonds. The van der Waals surface area contributed by atoms with Crippen LogP contribution in [0, 0.1) is 5.82 Å². The molecule has 0 unspecified atom stereocenters. The molecule has 8 heteroatoms. The number of hydrogen-bond acceptors (Lipinski definition) is 5. The predicted molar refractivity (Wildman–Crippen MR) is 100 cm³/mol. The molecule has 0 radical (unpaired) electrons. The van der Waals surface area contributed by atoms with E-state index in [1.54, 1.807) is 30.6 Å². The third-order valence-electron chi connectivity index (χ3n) is 4.08. The number of rotatable bonds is 6. The van der Waals surface area contributed by atoms with Crippen molar-refractivity contribution < 1.29 is 13.7 Å². The Morgan fingerprint density at radius 1 is 1.18 bits per heavy atom. The summed E-state index contributed by atoms with van der Waals surface area (Å²) in [6, 6.07) is 11.9. The van der Waals surface area contributed by atoms with Crippen molar-refractivity contribution in [3.05, 3.63) is 79.0 Å². The number of nitrogens with zero attached hydrogens (tertiary/aromatic N) is 4. The van der Waals surface area contributed by atoms with Gasteiger partial charge in [-0.1, -0.05) is 5.16 Å². The smallest absolute Gasteiger partial charge is 0.227 e. The van der Waals surface area contributed by atoms with Gasteiger partial charge in [0.2, 0.25) is 17.6 Å². The lowest BCUT2D eigenvalue weighted by Crippen LogP contribution is -2.14. The molecule has 0 atom stereocenters. The van der Waals surface area contributed by atoms with E-state index >= 15 is 0 Å². The number of halogens is 1. The molecule has 0 aliphatic rings. The van der Waals surface area contributed by atoms with Gasteiger partial charge in [0.15, 0.2) is 0 Å². The van der Waals surface area contributed by atoms with Crippen LogP contribution >= 0.6 is 0 Å². The maximum Gasteiger partial charge on any atom is 0.227 e. The highest BCUT2D eigenvalue weighted by Crippen LogP contribution is 2.20. The average molecular weight is 377 g/mol. The minimum Gasteiger partial charge on any atom is -0.339 e. The molecule has 3 aromatic heterocycles. The van der Waals surface area contributed by atoms with E-state index in [9.17, 15) is 9.18 Å². The number of amides is 1. The van der Waals surface area contributed by atoms with Gasteiger partial charge < -0.3 is 14.4 Å². The molecule has 1 aromatic carbocycles. The summed E-state index contributed by atoms with van der Waals surface area (Å²) in [6.07, 6.45) is 7.30. The van der Waals surface area contributed by atoms with Crippen LogP contribution in [-0.2, 0) is 11.2 Å². The fraction of sp³-hybridized carbons (Fsp3) is 0.100. The third-order valence-corrected chi connectivity index (χ3v) is 4.08. The van der Waals surface area contributed by atoms with Gasteiger partial charge in [-0.3, -0.25) is 9.78 Å². The van der Waals surface area contributed by atoms with Crippen molar-refractivity contribution in [3.8, 4) is 17.1 Å². The summed E-state index contributed by atoms with van der Waals surface area (Å²) in [4.78, 5) is 20.5. The Kier molecular flexibility index (Phi) is 4.92. The second kappa shape index (κ2) is 7.83. The number of aryl methyl sites for hydroxylation is 1. The van der Waals surface area contributed by atoms with E-state index in [1.165, 1.54) is 6.07 Å². The van der Waals surface area contributed by atoms with Crippen LogP contribution < -0.4 is 5.32 Å². The van der Waals surface area contributed by atoms with Gasteiger partial charge in [-0.05, 0) is 42.5 Å². The minimum absolute atomic E-state index is 0.0852. The molecule has 7 nitrogen and oxygen atoms in total. The topological polar surface area (TPSA) is 85.8 Å². The number of anilines is 1. The first kappa shape index (κ1) is 17.6. The standard InChI is InChI=1S/C20H16FN5O2/c21-16-6-5-15(26-10-1-2-11-26)12-17(16)23-18(27)7-8-19-24-20(25-28-19)14-4-3-9-22-13-14/h1-6,9-13H,7-8H2,(H,23,27). The highest BCUT2D eigenvalue weighted by Gasteiger charge is 2.13. The third kappa shape index (κ3) is 3.96. The SMILES string of the molecule is O=C(CCc1nc(-c2cccnc2)no1)Nc1cc(-n2cccc2)ccc1F. The van der Waals surface area contributed by atoms with Gasteiger partial charge in [-0.2, -0.15) is 4.98 Å². The number of nitrogens with one attached hydrogen (secondary N) is 1. The number of benzene rings is 1. The molecule has 0 saturated carbocycles. The van der Waals surface area contributed by atoms with Crippen molar-refractivity contribution >= 4 is 11.6 Å². The normalized spacial score (nSPS) is 10.8. The van der Waals surface area contributed by atoms with Gasteiger partial charge >= 0.3 is 0 Å². The molecule has 0 aliphatic carbocycles. The Labute approximate surface area is 159 Å². The number of aromatic nitrogens is 4. The quantitative estimate of drug-likeness (QED) is 0.554. The maximum atomic E-state index is 14.1. The van der Waals surface area contributed by atoms with Crippen LogP contribution in [0.3, 0.4) is 0 Å². The molecule has 3 heterocycles. The first-order chi connectivity index (χ1) is 13.7. The van der Waals surface area contributed by atoms with Crippen molar-refractivity contribution in [2.75, 3.05) is 5.32 Å². The first-order valence-corrected chi connectivity index (χ1v) is 8.65. The van der Waals surface area contributed by atoms with Gasteiger partial charge in [-0.25, -0.2) is 4.39 Å². The van der Waals surface area contributed by atoms with Gasteiger partial charge in [0, 0.05) is 48.9 Å². The van der Waals surface area contributed by atoms with Crippen molar-refractivity contribution in [2.24, 2.45) is 0 Å².